The second-order valence-corrected chi connectivity index (χ2v) is 12.4. The molecule has 0 amide bonds. The molecule has 5 nitrogen and oxygen atoms in total. The van der Waals surface area contributed by atoms with Crippen molar-refractivity contribution in [2.45, 2.75) is 57.0 Å². The van der Waals surface area contributed by atoms with Gasteiger partial charge < -0.3 is 9.29 Å². The van der Waals surface area contributed by atoms with E-state index in [2.05, 4.69) is 54.5 Å². The molecule has 1 unspecified atom stereocenters. The molecule has 0 spiro atoms. The van der Waals surface area contributed by atoms with Crippen LogP contribution in [0.1, 0.15) is 62.1 Å². The summed E-state index contributed by atoms with van der Waals surface area (Å²) in [6, 6.07) is 17.5. The summed E-state index contributed by atoms with van der Waals surface area (Å²) in [4.78, 5) is 0. The molecule has 0 aromatic heterocycles. The molecule has 2 aromatic rings. The minimum Gasteiger partial charge on any atom is -0.748 e. The highest BCUT2D eigenvalue weighted by atomic mass is 35.5. The summed E-state index contributed by atoms with van der Waals surface area (Å²) in [6.07, 6.45) is 8.25. The van der Waals surface area contributed by atoms with Crippen LogP contribution in [0.15, 0.2) is 61.2 Å². The average Bonchev–Trinajstić information content (AvgIpc) is 3.56. The second-order valence-electron chi connectivity index (χ2n) is 10.1. The summed E-state index contributed by atoms with van der Waals surface area (Å²) in [7, 11) is -3.92. The maximum Gasteiger partial charge on any atom is 0.344 e. The first-order valence-electron chi connectivity index (χ1n) is 12.4. The smallest absolute Gasteiger partial charge is 0.344 e. The molecule has 2 aromatic carbocycles. The Bertz CT molecular complexity index is 1230. The van der Waals surface area contributed by atoms with Gasteiger partial charge in [-0.2, -0.15) is 4.58 Å². The van der Waals surface area contributed by atoms with Gasteiger partial charge in [-0.15, -0.1) is 6.58 Å². The maximum absolute atomic E-state index is 9.08. The van der Waals surface area contributed by atoms with Gasteiger partial charge in [0, 0.05) is 27.8 Å². The lowest BCUT2D eigenvalue weighted by Crippen LogP contribution is -2.47. The van der Waals surface area contributed by atoms with Crippen LogP contribution in [0.3, 0.4) is 0 Å². The minimum absolute atomic E-state index is 0.0265. The minimum atomic E-state index is -3.92. The Hall–Kier alpha value is -1.86. The van der Waals surface area contributed by atoms with E-state index in [0.717, 1.165) is 41.8 Å². The standard InChI is InChI=1S/C27H30Cl2NO.CH4O3S/c1-3-14-27(4-2)16-23(20-6-5-7-22(29)15-20)25(19-10-12-21(28)13-11-19)30-24(18-8-9-18)17-31-26(27)30;1-5(2,3)4/h3,5-7,10-13,15,18,23-25H,1,4,8-9,14,16-17H2,2H3;1H3,(H,2,3,4)/q+1;/p-1/t23-,24-,25?,27+;/m1./s1. The number of ether oxygens (including phenoxy) is 1. The van der Waals surface area contributed by atoms with Crippen molar-refractivity contribution in [1.29, 1.82) is 0 Å². The fourth-order valence-corrected chi connectivity index (χ4v) is 6.19. The summed E-state index contributed by atoms with van der Waals surface area (Å²) in [5, 5.41) is 1.57. The third kappa shape index (κ3) is 5.99. The van der Waals surface area contributed by atoms with E-state index in [1.165, 1.54) is 29.9 Å². The van der Waals surface area contributed by atoms with Crippen molar-refractivity contribution in [3.05, 3.63) is 82.4 Å². The number of nitrogens with zero attached hydrogens (tertiary/aromatic N) is 1. The van der Waals surface area contributed by atoms with E-state index in [1.54, 1.807) is 0 Å². The van der Waals surface area contributed by atoms with Gasteiger partial charge in [0.1, 0.15) is 0 Å². The highest BCUT2D eigenvalue weighted by Crippen LogP contribution is 2.54. The van der Waals surface area contributed by atoms with Crippen LogP contribution >= 0.6 is 23.2 Å². The summed E-state index contributed by atoms with van der Waals surface area (Å²) in [5.74, 6) is 2.22. The average molecular weight is 551 g/mol. The first-order chi connectivity index (χ1) is 17.1. The van der Waals surface area contributed by atoms with E-state index in [4.69, 9.17) is 40.9 Å². The molecule has 0 radical (unpaired) electrons. The summed E-state index contributed by atoms with van der Waals surface area (Å²) in [6.45, 7) is 7.19. The van der Waals surface area contributed by atoms with Crippen LogP contribution in [0.25, 0.3) is 0 Å². The van der Waals surface area contributed by atoms with Crippen molar-refractivity contribution in [3.63, 3.8) is 0 Å². The number of allylic oxidation sites excluding steroid dienone is 1. The Morgan fingerprint density at radius 3 is 2.36 bits per heavy atom. The number of halogens is 2. The molecule has 36 heavy (non-hydrogen) atoms. The molecule has 5 rings (SSSR count). The topological polar surface area (TPSA) is 69.4 Å². The molecule has 2 heterocycles. The number of hydrogen-bond donors (Lipinski definition) is 0. The molecule has 1 aliphatic carbocycles. The van der Waals surface area contributed by atoms with Crippen LogP contribution in [0.2, 0.25) is 10.0 Å². The highest BCUT2D eigenvalue weighted by molar-refractivity contribution is 7.84. The van der Waals surface area contributed by atoms with Crippen molar-refractivity contribution in [2.75, 3.05) is 12.9 Å². The van der Waals surface area contributed by atoms with Gasteiger partial charge in [-0.25, -0.2) is 8.42 Å². The Labute approximate surface area is 224 Å². The fourth-order valence-electron chi connectivity index (χ4n) is 5.86. The van der Waals surface area contributed by atoms with Crippen molar-refractivity contribution < 1.29 is 22.3 Å². The zero-order chi connectivity index (χ0) is 26.1. The summed E-state index contributed by atoms with van der Waals surface area (Å²) >= 11 is 12.7. The lowest BCUT2D eigenvalue weighted by Gasteiger charge is -2.40. The van der Waals surface area contributed by atoms with Gasteiger partial charge in [-0.3, -0.25) is 0 Å². The lowest BCUT2D eigenvalue weighted by atomic mass is 9.67. The van der Waals surface area contributed by atoms with Crippen LogP contribution in [-0.2, 0) is 14.9 Å². The van der Waals surface area contributed by atoms with Crippen molar-refractivity contribution in [2.24, 2.45) is 11.3 Å². The molecule has 0 bridgehead atoms. The molecule has 194 valence electrons. The third-order valence-corrected chi connectivity index (χ3v) is 8.08. The molecule has 0 N–H and O–H groups in total. The normalized spacial score (nSPS) is 27.5. The molecule has 0 saturated heterocycles. The van der Waals surface area contributed by atoms with Gasteiger partial charge in [-0.05, 0) is 61.9 Å². The van der Waals surface area contributed by atoms with Crippen LogP contribution in [0, 0.1) is 11.3 Å². The van der Waals surface area contributed by atoms with Crippen LogP contribution < -0.4 is 0 Å². The van der Waals surface area contributed by atoms with E-state index in [9.17, 15) is 0 Å². The molecule has 4 atom stereocenters. The zero-order valence-corrected chi connectivity index (χ0v) is 23.0. The predicted octanol–water partition coefficient (Wildman–Crippen LogP) is 6.58. The lowest BCUT2D eigenvalue weighted by molar-refractivity contribution is -0.614. The first-order valence-corrected chi connectivity index (χ1v) is 14.9. The first kappa shape index (κ1) is 27.2. The van der Waals surface area contributed by atoms with Crippen molar-refractivity contribution in [3.8, 4) is 0 Å². The Balaban J connectivity index is 0.000000556. The Kier molecular flexibility index (Phi) is 8.20. The van der Waals surface area contributed by atoms with Gasteiger partial charge in [0.05, 0.1) is 21.5 Å². The van der Waals surface area contributed by atoms with Gasteiger partial charge >= 0.3 is 5.90 Å². The van der Waals surface area contributed by atoms with Gasteiger partial charge in [0.15, 0.2) is 18.7 Å². The van der Waals surface area contributed by atoms with Crippen molar-refractivity contribution >= 4 is 39.2 Å². The van der Waals surface area contributed by atoms with E-state index in [1.807, 2.05) is 18.2 Å². The van der Waals surface area contributed by atoms with E-state index in [-0.39, 0.29) is 11.5 Å². The number of hydrogen-bond acceptors (Lipinski definition) is 4. The monoisotopic (exact) mass is 549 g/mol. The fraction of sp³-hybridized carbons (Fsp3) is 0.464. The van der Waals surface area contributed by atoms with Gasteiger partial charge in [-0.1, -0.05) is 60.5 Å². The number of rotatable bonds is 6. The third-order valence-electron chi connectivity index (χ3n) is 7.59. The highest BCUT2D eigenvalue weighted by Gasteiger charge is 2.60. The van der Waals surface area contributed by atoms with E-state index < -0.39 is 10.1 Å². The number of benzene rings is 2. The van der Waals surface area contributed by atoms with Gasteiger partial charge in [0.25, 0.3) is 0 Å². The Morgan fingerprint density at radius 1 is 1.14 bits per heavy atom. The van der Waals surface area contributed by atoms with E-state index in [0.29, 0.717) is 18.2 Å². The van der Waals surface area contributed by atoms with E-state index >= 15 is 0 Å². The van der Waals surface area contributed by atoms with Crippen LogP contribution in [-0.4, -0.2) is 42.3 Å². The van der Waals surface area contributed by atoms with Gasteiger partial charge in [0.2, 0.25) is 0 Å². The molecule has 2 aliphatic heterocycles. The molecule has 8 heteroatoms. The molecular weight excluding hydrogens is 517 g/mol. The molecule has 1 saturated carbocycles. The zero-order valence-electron chi connectivity index (χ0n) is 20.7. The second kappa shape index (κ2) is 10.9. The Morgan fingerprint density at radius 2 is 1.81 bits per heavy atom. The predicted molar refractivity (Wildman–Crippen MR) is 144 cm³/mol. The molecule has 3 aliphatic rings. The summed E-state index contributed by atoms with van der Waals surface area (Å²) in [5.41, 5.74) is 2.57. The summed E-state index contributed by atoms with van der Waals surface area (Å²) < 4.78 is 36.4. The maximum atomic E-state index is 9.08. The van der Waals surface area contributed by atoms with Crippen LogP contribution in [0.4, 0.5) is 0 Å². The SMILES string of the molecule is C=CC[C@@]1(CC)C[C@H](c2cccc(Cl)c2)C(c2ccc(Cl)cc2)[N+]2=C1OC[C@@H]2C1CC1.CS(=O)(=O)[O-]. The quantitative estimate of drug-likeness (QED) is 0.232. The molecule has 1 fully saturated rings. The molecular formula is C28H33Cl2NO4S. The largest absolute Gasteiger partial charge is 0.748 e. The van der Waals surface area contributed by atoms with Crippen LogP contribution in [0.5, 0.6) is 0 Å². The van der Waals surface area contributed by atoms with Crippen molar-refractivity contribution in [1.82, 2.24) is 0 Å².